The van der Waals surface area contributed by atoms with Crippen molar-refractivity contribution in [3.63, 3.8) is 0 Å². The van der Waals surface area contributed by atoms with Crippen LogP contribution in [0.5, 0.6) is 0 Å². The molecule has 2 amide bonds. The van der Waals surface area contributed by atoms with Gasteiger partial charge >= 0.3 is 0 Å². The summed E-state index contributed by atoms with van der Waals surface area (Å²) < 4.78 is 15.1. The van der Waals surface area contributed by atoms with Gasteiger partial charge in [-0.2, -0.15) is 0 Å². The van der Waals surface area contributed by atoms with E-state index >= 15 is 0 Å². The molecule has 0 saturated carbocycles. The maximum Gasteiger partial charge on any atom is 0.287 e. The Balaban J connectivity index is 1.90. The lowest BCUT2D eigenvalue weighted by Crippen LogP contribution is -2.28. The number of benzene rings is 1. The normalized spacial score (nSPS) is 13.0. The Bertz CT molecular complexity index is 828. The number of anilines is 1. The molecule has 0 atom stereocenters. The van der Waals surface area contributed by atoms with Crippen molar-refractivity contribution in [2.75, 3.05) is 11.9 Å². The molecule has 1 aromatic carbocycles. The monoisotopic (exact) mass is 342 g/mol. The van der Waals surface area contributed by atoms with E-state index in [-0.39, 0.29) is 17.4 Å². The summed E-state index contributed by atoms with van der Waals surface area (Å²) in [6.45, 7) is 4.53. The minimum Gasteiger partial charge on any atom is -0.346 e. The average molecular weight is 342 g/mol. The van der Waals surface area contributed by atoms with Gasteiger partial charge in [-0.05, 0) is 37.5 Å². The zero-order valence-corrected chi connectivity index (χ0v) is 13.7. The van der Waals surface area contributed by atoms with Crippen molar-refractivity contribution < 1.29 is 14.0 Å². The number of imidazole rings is 1. The Hall–Kier alpha value is -2.96. The first-order valence-corrected chi connectivity index (χ1v) is 8.15. The van der Waals surface area contributed by atoms with Crippen molar-refractivity contribution in [3.8, 4) is 0 Å². The number of nitrogens with zero attached hydrogens (tertiary/aromatic N) is 2. The number of halogens is 1. The van der Waals surface area contributed by atoms with E-state index in [4.69, 9.17) is 0 Å². The summed E-state index contributed by atoms with van der Waals surface area (Å²) in [4.78, 5) is 29.2. The second-order valence-corrected chi connectivity index (χ2v) is 5.80. The smallest absolute Gasteiger partial charge is 0.287 e. The van der Waals surface area contributed by atoms with Crippen molar-refractivity contribution in [1.29, 1.82) is 0 Å². The largest absolute Gasteiger partial charge is 0.346 e. The summed E-state index contributed by atoms with van der Waals surface area (Å²) in [5.74, 6) is -0.998. The van der Waals surface area contributed by atoms with Gasteiger partial charge in [-0.1, -0.05) is 12.1 Å². The van der Waals surface area contributed by atoms with Crippen molar-refractivity contribution in [3.05, 3.63) is 59.9 Å². The van der Waals surface area contributed by atoms with Gasteiger partial charge in [0.1, 0.15) is 5.82 Å². The highest BCUT2D eigenvalue weighted by atomic mass is 19.1. The van der Waals surface area contributed by atoms with Crippen LogP contribution < -0.4 is 10.6 Å². The quantitative estimate of drug-likeness (QED) is 0.820. The first kappa shape index (κ1) is 16.9. The van der Waals surface area contributed by atoms with Gasteiger partial charge < -0.3 is 15.2 Å². The minimum atomic E-state index is -0.445. The molecule has 130 valence electrons. The lowest BCUT2D eigenvalue weighted by molar-refractivity contribution is 0.0942. The van der Waals surface area contributed by atoms with E-state index in [0.29, 0.717) is 25.2 Å². The molecule has 0 saturated heterocycles. The number of rotatable bonds is 5. The van der Waals surface area contributed by atoms with Crippen molar-refractivity contribution >= 4 is 17.5 Å². The zero-order chi connectivity index (χ0) is 17.8. The van der Waals surface area contributed by atoms with Gasteiger partial charge in [0.15, 0.2) is 11.5 Å². The molecule has 1 aliphatic heterocycles. The van der Waals surface area contributed by atoms with Crippen LogP contribution >= 0.6 is 0 Å². The molecular weight excluding hydrogens is 323 g/mol. The summed E-state index contributed by atoms with van der Waals surface area (Å²) in [5, 5.41) is 5.33. The van der Waals surface area contributed by atoms with Crippen LogP contribution in [0.3, 0.4) is 0 Å². The summed E-state index contributed by atoms with van der Waals surface area (Å²) in [6.07, 6.45) is 4.11. The third-order valence-corrected chi connectivity index (χ3v) is 4.03. The third kappa shape index (κ3) is 3.60. The number of nitrogens with one attached hydrogen (secondary N) is 2. The molecule has 7 heteroatoms. The van der Waals surface area contributed by atoms with Crippen LogP contribution in [0.25, 0.3) is 0 Å². The number of carbonyl (C=O) groups excluding carboxylic acids is 2. The average Bonchev–Trinajstić information content (AvgIpc) is 2.99. The van der Waals surface area contributed by atoms with Gasteiger partial charge in [-0.3, -0.25) is 9.59 Å². The lowest BCUT2D eigenvalue weighted by Gasteiger charge is -2.17. The second-order valence-electron chi connectivity index (χ2n) is 5.80. The predicted octanol–water partition coefficient (Wildman–Crippen LogP) is 2.53. The number of carbonyl (C=O) groups is 2. The van der Waals surface area contributed by atoms with Crippen LogP contribution in [-0.2, 0) is 13.0 Å². The van der Waals surface area contributed by atoms with Gasteiger partial charge in [-0.25, -0.2) is 9.37 Å². The Kier molecular flexibility index (Phi) is 4.92. The van der Waals surface area contributed by atoms with E-state index in [1.807, 2.05) is 0 Å². The molecule has 0 aliphatic carbocycles. The topological polar surface area (TPSA) is 76.0 Å². The second kappa shape index (κ2) is 7.29. The molecule has 0 spiro atoms. The van der Waals surface area contributed by atoms with Crippen molar-refractivity contribution in [1.82, 2.24) is 14.9 Å². The molecule has 2 N–H and O–H groups in total. The molecule has 0 fully saturated rings. The summed E-state index contributed by atoms with van der Waals surface area (Å²) in [6, 6.07) is 5.65. The van der Waals surface area contributed by atoms with Gasteiger partial charge in [0.05, 0.1) is 5.69 Å². The van der Waals surface area contributed by atoms with E-state index in [1.165, 1.54) is 18.2 Å². The fourth-order valence-electron chi connectivity index (χ4n) is 2.90. The number of amides is 2. The molecule has 1 aliphatic rings. The first-order chi connectivity index (χ1) is 12.1. The lowest BCUT2D eigenvalue weighted by atomic mass is 10.1. The molecule has 3 rings (SSSR count). The SMILES string of the molecule is C=CCNC(=O)c1nc(C(=O)Nc2cccc(F)c2)c2n1CCCC2. The van der Waals surface area contributed by atoms with Crippen LogP contribution in [-0.4, -0.2) is 27.9 Å². The van der Waals surface area contributed by atoms with Crippen LogP contribution in [0, 0.1) is 5.82 Å². The maximum absolute atomic E-state index is 13.3. The summed E-state index contributed by atoms with van der Waals surface area (Å²) >= 11 is 0. The molecule has 0 radical (unpaired) electrons. The summed E-state index contributed by atoms with van der Waals surface area (Å²) in [7, 11) is 0. The molecule has 1 aromatic heterocycles. The molecule has 0 bridgehead atoms. The van der Waals surface area contributed by atoms with E-state index in [9.17, 15) is 14.0 Å². The van der Waals surface area contributed by atoms with E-state index in [1.54, 1.807) is 16.7 Å². The maximum atomic E-state index is 13.3. The van der Waals surface area contributed by atoms with Gasteiger partial charge in [0, 0.05) is 18.8 Å². The minimum absolute atomic E-state index is 0.215. The van der Waals surface area contributed by atoms with E-state index < -0.39 is 11.7 Å². The zero-order valence-electron chi connectivity index (χ0n) is 13.7. The number of hydrogen-bond acceptors (Lipinski definition) is 3. The molecule has 2 aromatic rings. The van der Waals surface area contributed by atoms with Crippen molar-refractivity contribution in [2.24, 2.45) is 0 Å². The standard InChI is InChI=1S/C18H19FN4O2/c1-2-9-20-18(25)16-22-15(14-8-3-4-10-23(14)16)17(24)21-13-7-5-6-12(19)11-13/h2,5-7,11H,1,3-4,8-10H2,(H,20,25)(H,21,24). The Morgan fingerprint density at radius 2 is 2.16 bits per heavy atom. The molecular formula is C18H19FN4O2. The molecule has 6 nitrogen and oxygen atoms in total. The fraction of sp³-hybridized carbons (Fsp3) is 0.278. The fourth-order valence-corrected chi connectivity index (χ4v) is 2.90. The molecule has 25 heavy (non-hydrogen) atoms. The van der Waals surface area contributed by atoms with E-state index in [2.05, 4.69) is 22.2 Å². The Labute approximate surface area is 144 Å². The van der Waals surface area contributed by atoms with Crippen LogP contribution in [0.2, 0.25) is 0 Å². The van der Waals surface area contributed by atoms with E-state index in [0.717, 1.165) is 18.5 Å². The third-order valence-electron chi connectivity index (χ3n) is 4.03. The highest BCUT2D eigenvalue weighted by Crippen LogP contribution is 2.22. The van der Waals surface area contributed by atoms with Gasteiger partial charge in [-0.15, -0.1) is 6.58 Å². The van der Waals surface area contributed by atoms with Crippen LogP contribution in [0.1, 0.15) is 39.6 Å². The number of hydrogen-bond donors (Lipinski definition) is 2. The first-order valence-electron chi connectivity index (χ1n) is 8.15. The molecule has 0 unspecified atom stereocenters. The highest BCUT2D eigenvalue weighted by Gasteiger charge is 2.27. The Morgan fingerprint density at radius 3 is 2.92 bits per heavy atom. The van der Waals surface area contributed by atoms with Gasteiger partial charge in [0.25, 0.3) is 11.8 Å². The Morgan fingerprint density at radius 1 is 1.32 bits per heavy atom. The number of aromatic nitrogens is 2. The predicted molar refractivity (Wildman–Crippen MR) is 92.0 cm³/mol. The van der Waals surface area contributed by atoms with Gasteiger partial charge in [0.2, 0.25) is 0 Å². The van der Waals surface area contributed by atoms with Crippen molar-refractivity contribution in [2.45, 2.75) is 25.8 Å². The summed E-state index contributed by atoms with van der Waals surface area (Å²) in [5.41, 5.74) is 1.30. The van der Waals surface area contributed by atoms with Crippen LogP contribution in [0.4, 0.5) is 10.1 Å². The molecule has 2 heterocycles. The highest BCUT2D eigenvalue weighted by molar-refractivity contribution is 6.05. The van der Waals surface area contributed by atoms with Crippen LogP contribution in [0.15, 0.2) is 36.9 Å². The number of fused-ring (bicyclic) bond motifs is 1.